The van der Waals surface area contributed by atoms with Crippen LogP contribution in [0.15, 0.2) is 35.4 Å². The maximum absolute atomic E-state index is 12.7. The molecule has 0 saturated carbocycles. The van der Waals surface area contributed by atoms with Crippen molar-refractivity contribution in [1.29, 1.82) is 0 Å². The molecule has 1 atom stereocenters. The Bertz CT molecular complexity index is 1170. The summed E-state index contributed by atoms with van der Waals surface area (Å²) < 4.78 is 1.48. The molecule has 1 saturated heterocycles. The Morgan fingerprint density at radius 2 is 2.16 bits per heavy atom. The Kier molecular flexibility index (Phi) is 5.83. The molecular weight excluding hydrogens is 396 g/mol. The van der Waals surface area contributed by atoms with E-state index in [9.17, 15) is 14.4 Å². The minimum absolute atomic E-state index is 0.00859. The first-order chi connectivity index (χ1) is 14.9. The average Bonchev–Trinajstić information content (AvgIpc) is 3.22. The quantitative estimate of drug-likeness (QED) is 0.648. The van der Waals surface area contributed by atoms with Crippen LogP contribution in [0.25, 0.3) is 5.65 Å². The van der Waals surface area contributed by atoms with Crippen molar-refractivity contribution in [3.8, 4) is 0 Å². The summed E-state index contributed by atoms with van der Waals surface area (Å²) in [5.74, 6) is -0.113. The van der Waals surface area contributed by atoms with Crippen molar-refractivity contribution < 1.29 is 9.59 Å². The number of piperidine rings is 1. The van der Waals surface area contributed by atoms with E-state index < -0.39 is 0 Å². The summed E-state index contributed by atoms with van der Waals surface area (Å²) in [6.45, 7) is 5.15. The number of H-pyrrole nitrogens is 1. The zero-order valence-corrected chi connectivity index (χ0v) is 17.7. The number of aryl methyl sites for hydroxylation is 1. The largest absolute Gasteiger partial charge is 0.351 e. The minimum Gasteiger partial charge on any atom is -0.351 e. The van der Waals surface area contributed by atoms with E-state index in [-0.39, 0.29) is 36.3 Å². The molecule has 3 aromatic rings. The molecule has 0 aromatic carbocycles. The van der Waals surface area contributed by atoms with E-state index in [0.29, 0.717) is 29.9 Å². The molecule has 1 aliphatic heterocycles. The fourth-order valence-corrected chi connectivity index (χ4v) is 3.94. The molecule has 162 valence electrons. The lowest BCUT2D eigenvalue weighted by atomic mass is 9.94. The van der Waals surface area contributed by atoms with Gasteiger partial charge < -0.3 is 10.2 Å². The number of fused-ring (bicyclic) bond motifs is 1. The van der Waals surface area contributed by atoms with E-state index in [1.807, 2.05) is 17.9 Å². The molecular formula is C22H26N6O3. The fraction of sp³-hybridized carbons (Fsp3) is 0.409. The van der Waals surface area contributed by atoms with Crippen LogP contribution in [0, 0.1) is 13.8 Å². The van der Waals surface area contributed by atoms with E-state index in [2.05, 4.69) is 20.4 Å². The van der Waals surface area contributed by atoms with Crippen molar-refractivity contribution in [2.75, 3.05) is 19.6 Å². The average molecular weight is 422 g/mol. The third kappa shape index (κ3) is 4.35. The molecule has 4 heterocycles. The second-order valence-electron chi connectivity index (χ2n) is 7.96. The summed E-state index contributed by atoms with van der Waals surface area (Å²) in [7, 11) is 0. The van der Waals surface area contributed by atoms with Crippen molar-refractivity contribution >= 4 is 17.5 Å². The number of likely N-dealkylation sites (tertiary alicyclic amines) is 1. The van der Waals surface area contributed by atoms with Crippen LogP contribution in [0.2, 0.25) is 0 Å². The lowest BCUT2D eigenvalue weighted by Gasteiger charge is -2.32. The van der Waals surface area contributed by atoms with Crippen LogP contribution in [-0.2, 0) is 4.79 Å². The molecule has 1 unspecified atom stereocenters. The molecule has 1 aliphatic rings. The highest BCUT2D eigenvalue weighted by Crippen LogP contribution is 2.26. The highest BCUT2D eigenvalue weighted by Gasteiger charge is 2.26. The highest BCUT2D eigenvalue weighted by atomic mass is 16.2. The zero-order valence-electron chi connectivity index (χ0n) is 17.7. The van der Waals surface area contributed by atoms with Gasteiger partial charge in [0.15, 0.2) is 5.65 Å². The lowest BCUT2D eigenvalue weighted by Crippen LogP contribution is -2.40. The molecule has 3 aromatic heterocycles. The van der Waals surface area contributed by atoms with Crippen LogP contribution in [0.3, 0.4) is 0 Å². The first-order valence-corrected chi connectivity index (χ1v) is 10.5. The highest BCUT2D eigenvalue weighted by molar-refractivity contribution is 5.94. The summed E-state index contributed by atoms with van der Waals surface area (Å²) >= 11 is 0. The van der Waals surface area contributed by atoms with Crippen LogP contribution in [0.4, 0.5) is 0 Å². The molecule has 4 rings (SSSR count). The van der Waals surface area contributed by atoms with Crippen LogP contribution in [0.5, 0.6) is 0 Å². The summed E-state index contributed by atoms with van der Waals surface area (Å²) in [5, 5.41) is 5.95. The first-order valence-electron chi connectivity index (χ1n) is 10.5. The maximum Gasteiger partial charge on any atom is 0.275 e. The van der Waals surface area contributed by atoms with Gasteiger partial charge in [-0.15, -0.1) is 0 Å². The van der Waals surface area contributed by atoms with E-state index in [4.69, 9.17) is 0 Å². The standard InChI is InChI=1S/C22H26N6O3/c1-14-15(2)25-19-11-18(26-28(19)22(14)31)17-6-4-10-27(13-17)20(29)7-9-24-21(30)16-5-3-8-23-12-16/h3,5,8,11-12,17,26H,4,6-7,9-10,13H2,1-2H3,(H,24,30). The smallest absolute Gasteiger partial charge is 0.275 e. The van der Waals surface area contributed by atoms with Gasteiger partial charge in [-0.2, -0.15) is 0 Å². The Morgan fingerprint density at radius 1 is 1.32 bits per heavy atom. The number of hydrogen-bond acceptors (Lipinski definition) is 5. The molecule has 9 heteroatoms. The molecule has 0 aliphatic carbocycles. The summed E-state index contributed by atoms with van der Waals surface area (Å²) in [4.78, 5) is 47.5. The second-order valence-corrected chi connectivity index (χ2v) is 7.96. The Morgan fingerprint density at radius 3 is 2.94 bits per heavy atom. The molecule has 0 bridgehead atoms. The Hall–Kier alpha value is -3.49. The van der Waals surface area contributed by atoms with E-state index >= 15 is 0 Å². The summed E-state index contributed by atoms with van der Waals surface area (Å²) in [6.07, 6.45) is 5.16. The van der Waals surface area contributed by atoms with Gasteiger partial charge in [-0.05, 0) is 38.8 Å². The van der Waals surface area contributed by atoms with Crippen molar-refractivity contribution in [3.05, 3.63) is 63.5 Å². The topological polar surface area (TPSA) is 112 Å². The molecule has 2 N–H and O–H groups in total. The number of amides is 2. The predicted octanol–water partition coefficient (Wildman–Crippen LogP) is 1.56. The van der Waals surface area contributed by atoms with Gasteiger partial charge in [0.25, 0.3) is 11.5 Å². The van der Waals surface area contributed by atoms with Gasteiger partial charge >= 0.3 is 0 Å². The van der Waals surface area contributed by atoms with Crippen molar-refractivity contribution in [2.45, 2.75) is 39.0 Å². The van der Waals surface area contributed by atoms with Gasteiger partial charge in [-0.25, -0.2) is 9.50 Å². The van der Waals surface area contributed by atoms with Gasteiger partial charge in [0.2, 0.25) is 5.91 Å². The SMILES string of the molecule is Cc1nc2cc(C3CCCN(C(=O)CCNC(=O)c4cccnc4)C3)[nH]n2c(=O)c1C. The maximum atomic E-state index is 12.7. The summed E-state index contributed by atoms with van der Waals surface area (Å²) in [6, 6.07) is 5.29. The normalized spacial score (nSPS) is 16.5. The number of hydrogen-bond donors (Lipinski definition) is 2. The number of nitrogens with zero attached hydrogens (tertiary/aromatic N) is 4. The van der Waals surface area contributed by atoms with Gasteiger partial charge in [0.1, 0.15) is 0 Å². The molecule has 1 fully saturated rings. The van der Waals surface area contributed by atoms with Crippen LogP contribution >= 0.6 is 0 Å². The number of nitrogens with one attached hydrogen (secondary N) is 2. The van der Waals surface area contributed by atoms with Gasteiger partial charge in [0.05, 0.1) is 5.56 Å². The van der Waals surface area contributed by atoms with E-state index in [1.165, 1.54) is 10.7 Å². The Balaban J connectivity index is 1.37. The van der Waals surface area contributed by atoms with Crippen molar-refractivity contribution in [1.82, 2.24) is 29.8 Å². The van der Waals surface area contributed by atoms with E-state index in [0.717, 1.165) is 24.2 Å². The number of carbonyl (C=O) groups is 2. The molecule has 2 amide bonds. The third-order valence-corrected chi connectivity index (χ3v) is 5.87. The minimum atomic E-state index is -0.237. The first kappa shape index (κ1) is 20.8. The molecule has 0 spiro atoms. The van der Waals surface area contributed by atoms with Crippen molar-refractivity contribution in [2.24, 2.45) is 0 Å². The number of rotatable bonds is 5. The van der Waals surface area contributed by atoms with Gasteiger partial charge in [0, 0.05) is 67.4 Å². The van der Waals surface area contributed by atoms with E-state index in [1.54, 1.807) is 25.3 Å². The summed E-state index contributed by atoms with van der Waals surface area (Å²) in [5.41, 5.74) is 3.24. The molecule has 31 heavy (non-hydrogen) atoms. The monoisotopic (exact) mass is 422 g/mol. The van der Waals surface area contributed by atoms with Crippen LogP contribution in [0.1, 0.15) is 52.5 Å². The van der Waals surface area contributed by atoms with Crippen LogP contribution < -0.4 is 10.9 Å². The second kappa shape index (κ2) is 8.71. The Labute approximate surface area is 179 Å². The third-order valence-electron chi connectivity index (χ3n) is 5.87. The lowest BCUT2D eigenvalue weighted by molar-refractivity contribution is -0.132. The zero-order chi connectivity index (χ0) is 22.0. The molecule has 0 radical (unpaired) electrons. The fourth-order valence-electron chi connectivity index (χ4n) is 3.94. The number of aromatic nitrogens is 4. The number of pyridine rings is 1. The predicted molar refractivity (Wildman–Crippen MR) is 115 cm³/mol. The van der Waals surface area contributed by atoms with Crippen LogP contribution in [-0.4, -0.2) is 55.9 Å². The van der Waals surface area contributed by atoms with Crippen molar-refractivity contribution in [3.63, 3.8) is 0 Å². The molecule has 9 nitrogen and oxygen atoms in total. The number of aromatic amines is 1. The number of carbonyl (C=O) groups excluding carboxylic acids is 2. The van der Waals surface area contributed by atoms with Gasteiger partial charge in [-0.1, -0.05) is 0 Å². The van der Waals surface area contributed by atoms with Gasteiger partial charge in [-0.3, -0.25) is 24.5 Å².